The Kier molecular flexibility index (Phi) is 6.04. The first kappa shape index (κ1) is 18.5. The molecule has 3 rings (SSSR count). The molecule has 134 valence electrons. The second-order valence-corrected chi connectivity index (χ2v) is 5.99. The summed E-state index contributed by atoms with van der Waals surface area (Å²) in [5, 5.41) is 0. The van der Waals surface area contributed by atoms with Crippen molar-refractivity contribution in [1.29, 1.82) is 0 Å². The van der Waals surface area contributed by atoms with Crippen molar-refractivity contribution in [2.24, 2.45) is 0 Å². The van der Waals surface area contributed by atoms with Crippen molar-refractivity contribution < 1.29 is 18.7 Å². The fraction of sp³-hybridized carbons (Fsp3) is 0.611. The van der Waals surface area contributed by atoms with E-state index in [1.54, 1.807) is 12.1 Å². The topological polar surface area (TPSA) is 64.8 Å². The van der Waals surface area contributed by atoms with Gasteiger partial charge in [-0.1, -0.05) is 19.9 Å². The molecule has 1 aliphatic heterocycles. The van der Waals surface area contributed by atoms with Crippen LogP contribution in [-0.2, 0) is 9.53 Å². The largest absolute Gasteiger partial charge is 0.487 e. The van der Waals surface area contributed by atoms with Crippen molar-refractivity contribution in [3.8, 4) is 5.75 Å². The fourth-order valence-electron chi connectivity index (χ4n) is 3.16. The number of benzene rings is 1. The monoisotopic (exact) mass is 338 g/mol. The van der Waals surface area contributed by atoms with Gasteiger partial charge in [0.1, 0.15) is 11.6 Å². The lowest BCUT2D eigenvalue weighted by molar-refractivity contribution is -0.149. The van der Waals surface area contributed by atoms with Crippen LogP contribution in [0.4, 0.5) is 10.1 Å². The van der Waals surface area contributed by atoms with Crippen LogP contribution in [0.1, 0.15) is 39.5 Å². The lowest BCUT2D eigenvalue weighted by atomic mass is 10.0. The molecule has 2 N–H and O–H groups in total. The first-order valence-electron chi connectivity index (χ1n) is 8.61. The quantitative estimate of drug-likeness (QED) is 0.675. The number of carbonyl (C=O) groups excluding carboxylic acids is 1. The molecule has 1 aliphatic carbocycles. The zero-order chi connectivity index (χ0) is 17.7. The first-order chi connectivity index (χ1) is 11.6. The smallest absolute Gasteiger partial charge is 0.326 e. The van der Waals surface area contributed by atoms with Gasteiger partial charge in [-0.15, -0.1) is 0 Å². The lowest BCUT2D eigenvalue weighted by Crippen LogP contribution is -2.49. The van der Waals surface area contributed by atoms with E-state index < -0.39 is 11.4 Å². The normalized spacial score (nSPS) is 19.8. The maximum Gasteiger partial charge on any atom is 0.326 e. The van der Waals surface area contributed by atoms with Gasteiger partial charge in [0.05, 0.1) is 12.8 Å². The summed E-state index contributed by atoms with van der Waals surface area (Å²) >= 11 is 0. The summed E-state index contributed by atoms with van der Waals surface area (Å²) in [6.07, 6.45) is 3.17. The highest BCUT2D eigenvalue weighted by molar-refractivity contribution is 5.84. The SMILES string of the molecule is CC.COC(=O)C1(N2CCC(Oc3cccc(N)c3F)CC2)CC1. The summed E-state index contributed by atoms with van der Waals surface area (Å²) in [6, 6.07) is 4.78. The van der Waals surface area contributed by atoms with E-state index >= 15 is 0 Å². The molecule has 0 unspecified atom stereocenters. The van der Waals surface area contributed by atoms with Gasteiger partial charge in [-0.25, -0.2) is 4.39 Å². The Morgan fingerprint density at radius 2 is 1.92 bits per heavy atom. The van der Waals surface area contributed by atoms with Crippen LogP contribution in [0.3, 0.4) is 0 Å². The zero-order valence-electron chi connectivity index (χ0n) is 14.7. The molecule has 0 aromatic heterocycles. The van der Waals surface area contributed by atoms with Gasteiger partial charge in [0.15, 0.2) is 11.6 Å². The van der Waals surface area contributed by atoms with Gasteiger partial charge in [-0.05, 0) is 37.8 Å². The number of ether oxygens (including phenoxy) is 2. The predicted octanol–water partition coefficient (Wildman–Crippen LogP) is 2.98. The van der Waals surface area contributed by atoms with Gasteiger partial charge in [0, 0.05) is 13.1 Å². The molecule has 24 heavy (non-hydrogen) atoms. The predicted molar refractivity (Wildman–Crippen MR) is 91.4 cm³/mol. The number of piperidine rings is 1. The van der Waals surface area contributed by atoms with Crippen LogP contribution in [0, 0.1) is 5.82 Å². The Hall–Kier alpha value is -1.82. The van der Waals surface area contributed by atoms with Crippen molar-refractivity contribution in [3.05, 3.63) is 24.0 Å². The van der Waals surface area contributed by atoms with E-state index in [0.717, 1.165) is 38.8 Å². The van der Waals surface area contributed by atoms with Gasteiger partial charge in [0.2, 0.25) is 0 Å². The number of carbonyl (C=O) groups is 1. The van der Waals surface area contributed by atoms with E-state index in [-0.39, 0.29) is 23.5 Å². The molecule has 0 radical (unpaired) electrons. The van der Waals surface area contributed by atoms with E-state index in [1.807, 2.05) is 13.8 Å². The lowest BCUT2D eigenvalue weighted by Gasteiger charge is -2.36. The third-order valence-corrected chi connectivity index (χ3v) is 4.62. The van der Waals surface area contributed by atoms with Crippen LogP contribution in [0.25, 0.3) is 0 Å². The highest BCUT2D eigenvalue weighted by Gasteiger charge is 2.56. The van der Waals surface area contributed by atoms with E-state index in [2.05, 4.69) is 4.90 Å². The molecule has 1 aromatic carbocycles. The molecule has 2 aliphatic rings. The number of nitrogen functional groups attached to an aromatic ring is 1. The van der Waals surface area contributed by atoms with Gasteiger partial charge >= 0.3 is 5.97 Å². The molecule has 5 nitrogen and oxygen atoms in total. The van der Waals surface area contributed by atoms with Crippen molar-refractivity contribution in [2.45, 2.75) is 51.2 Å². The second kappa shape index (κ2) is 7.83. The van der Waals surface area contributed by atoms with E-state index in [9.17, 15) is 9.18 Å². The number of methoxy groups -OCH3 is 1. The van der Waals surface area contributed by atoms with Crippen LogP contribution in [0.15, 0.2) is 18.2 Å². The summed E-state index contributed by atoms with van der Waals surface area (Å²) in [7, 11) is 1.43. The molecule has 6 heteroatoms. The number of halogens is 1. The van der Waals surface area contributed by atoms with Gasteiger partial charge in [-0.2, -0.15) is 0 Å². The number of likely N-dealkylation sites (tertiary alicyclic amines) is 1. The minimum atomic E-state index is -0.502. The molecule has 0 atom stereocenters. The fourth-order valence-corrected chi connectivity index (χ4v) is 3.16. The maximum absolute atomic E-state index is 13.9. The van der Waals surface area contributed by atoms with E-state index in [1.165, 1.54) is 13.2 Å². The van der Waals surface area contributed by atoms with Gasteiger partial charge in [0.25, 0.3) is 0 Å². The molecule has 1 heterocycles. The van der Waals surface area contributed by atoms with Crippen LogP contribution < -0.4 is 10.5 Å². The molecule has 2 fully saturated rings. The van der Waals surface area contributed by atoms with Crippen LogP contribution in [0.2, 0.25) is 0 Å². The minimum Gasteiger partial charge on any atom is -0.487 e. The second-order valence-electron chi connectivity index (χ2n) is 5.99. The van der Waals surface area contributed by atoms with Crippen molar-refractivity contribution in [2.75, 3.05) is 25.9 Å². The number of hydrogen-bond donors (Lipinski definition) is 1. The van der Waals surface area contributed by atoms with Crippen LogP contribution in [0.5, 0.6) is 5.75 Å². The molecule has 0 amide bonds. The Labute approximate surface area is 142 Å². The molecule has 1 saturated carbocycles. The van der Waals surface area contributed by atoms with E-state index in [0.29, 0.717) is 0 Å². The molecular weight excluding hydrogens is 311 g/mol. The van der Waals surface area contributed by atoms with Gasteiger partial charge in [-0.3, -0.25) is 9.69 Å². The summed E-state index contributed by atoms with van der Waals surface area (Å²) in [6.45, 7) is 5.51. The van der Waals surface area contributed by atoms with Gasteiger partial charge < -0.3 is 15.2 Å². The average Bonchev–Trinajstić information content (AvgIpc) is 3.42. The number of nitrogens with zero attached hydrogens (tertiary/aromatic N) is 1. The molecule has 1 aromatic rings. The molecule has 0 bridgehead atoms. The third kappa shape index (κ3) is 3.64. The third-order valence-electron chi connectivity index (χ3n) is 4.62. The standard InChI is InChI=1S/C16H21FN2O3.C2H6/c1-21-15(20)16(7-8-16)19-9-5-11(6-10-19)22-13-4-2-3-12(18)14(13)17;1-2/h2-4,11H,5-10,18H2,1H3;1-2H3. The average molecular weight is 338 g/mol. The summed E-state index contributed by atoms with van der Waals surface area (Å²) in [5.74, 6) is -0.445. The number of nitrogens with two attached hydrogens (primary N) is 1. The summed E-state index contributed by atoms with van der Waals surface area (Å²) in [4.78, 5) is 14.1. The van der Waals surface area contributed by atoms with Crippen molar-refractivity contribution in [3.63, 3.8) is 0 Å². The van der Waals surface area contributed by atoms with E-state index in [4.69, 9.17) is 15.2 Å². The molecule has 0 spiro atoms. The van der Waals surface area contributed by atoms with Crippen molar-refractivity contribution in [1.82, 2.24) is 4.90 Å². The highest BCUT2D eigenvalue weighted by atomic mass is 19.1. The Bertz CT molecular complexity index is 567. The number of hydrogen-bond acceptors (Lipinski definition) is 5. The minimum absolute atomic E-state index is 0.0546. The highest BCUT2D eigenvalue weighted by Crippen LogP contribution is 2.44. The Morgan fingerprint density at radius 3 is 2.46 bits per heavy atom. The summed E-state index contributed by atoms with van der Waals surface area (Å²) in [5.41, 5.74) is 5.23. The molecule has 1 saturated heterocycles. The summed E-state index contributed by atoms with van der Waals surface area (Å²) < 4.78 is 24.5. The first-order valence-corrected chi connectivity index (χ1v) is 8.61. The number of rotatable bonds is 4. The number of esters is 1. The van der Waals surface area contributed by atoms with Crippen LogP contribution >= 0.6 is 0 Å². The number of anilines is 1. The van der Waals surface area contributed by atoms with Crippen LogP contribution in [-0.4, -0.2) is 42.7 Å². The zero-order valence-corrected chi connectivity index (χ0v) is 14.7. The molecular formula is C18H27FN2O3. The van der Waals surface area contributed by atoms with Crippen molar-refractivity contribution >= 4 is 11.7 Å². The maximum atomic E-state index is 13.9. The Balaban J connectivity index is 0.00000100. The Morgan fingerprint density at radius 1 is 1.29 bits per heavy atom.